The highest BCUT2D eigenvalue weighted by atomic mass is 19.1. The molecule has 19 heavy (non-hydrogen) atoms. The van der Waals surface area contributed by atoms with Crippen LogP contribution in [0.25, 0.3) is 10.8 Å². The quantitative estimate of drug-likeness (QED) is 0.467. The van der Waals surface area contributed by atoms with Crippen LogP contribution >= 0.6 is 0 Å². The summed E-state index contributed by atoms with van der Waals surface area (Å²) in [7, 11) is 0. The molecular formula is C16H21FN2. The molecule has 0 radical (unpaired) electrons. The lowest BCUT2D eigenvalue weighted by Gasteiger charge is -2.18. The van der Waals surface area contributed by atoms with Crippen molar-refractivity contribution in [3.8, 4) is 0 Å². The minimum atomic E-state index is -0.177. The largest absolute Gasteiger partial charge is 0.271 e. The molecule has 3 heteroatoms. The normalized spacial score (nSPS) is 12.8. The van der Waals surface area contributed by atoms with Gasteiger partial charge in [0.15, 0.2) is 0 Å². The highest BCUT2D eigenvalue weighted by Crippen LogP contribution is 2.28. The number of benzene rings is 2. The van der Waals surface area contributed by atoms with Gasteiger partial charge in [0.05, 0.1) is 0 Å². The van der Waals surface area contributed by atoms with Crippen molar-refractivity contribution in [2.24, 2.45) is 5.84 Å². The van der Waals surface area contributed by atoms with Crippen LogP contribution in [0.4, 0.5) is 4.39 Å². The Morgan fingerprint density at radius 1 is 1.11 bits per heavy atom. The first kappa shape index (κ1) is 14.0. The lowest BCUT2D eigenvalue weighted by Crippen LogP contribution is -2.28. The third-order valence-corrected chi connectivity index (χ3v) is 3.58. The van der Waals surface area contributed by atoms with Gasteiger partial charge in [-0.05, 0) is 23.4 Å². The molecule has 0 aliphatic rings. The predicted molar refractivity (Wildman–Crippen MR) is 78.1 cm³/mol. The molecule has 102 valence electrons. The fourth-order valence-corrected chi connectivity index (χ4v) is 2.52. The van der Waals surface area contributed by atoms with Crippen LogP contribution in [0.1, 0.15) is 44.2 Å². The summed E-state index contributed by atoms with van der Waals surface area (Å²) in [6, 6.07) is 11.0. The summed E-state index contributed by atoms with van der Waals surface area (Å²) in [5, 5.41) is 1.61. The number of halogens is 1. The zero-order valence-corrected chi connectivity index (χ0v) is 11.3. The fourth-order valence-electron chi connectivity index (χ4n) is 2.52. The molecule has 0 spiro atoms. The van der Waals surface area contributed by atoms with Gasteiger partial charge in [0, 0.05) is 11.4 Å². The van der Waals surface area contributed by atoms with E-state index in [1.165, 1.54) is 18.9 Å². The Morgan fingerprint density at radius 3 is 2.53 bits per heavy atom. The van der Waals surface area contributed by atoms with Gasteiger partial charge in [-0.25, -0.2) is 4.39 Å². The van der Waals surface area contributed by atoms with Crippen LogP contribution in [0.15, 0.2) is 36.4 Å². The molecule has 0 aliphatic carbocycles. The first-order chi connectivity index (χ1) is 9.27. The fraction of sp³-hybridized carbons (Fsp3) is 0.375. The number of nitrogens with two attached hydrogens (primary N) is 1. The van der Waals surface area contributed by atoms with Gasteiger partial charge in [0.1, 0.15) is 5.82 Å². The predicted octanol–water partition coefficient (Wildman–Crippen LogP) is 4.06. The molecule has 0 saturated heterocycles. The third kappa shape index (κ3) is 3.11. The number of hydrazine groups is 1. The van der Waals surface area contributed by atoms with Crippen molar-refractivity contribution in [1.82, 2.24) is 5.43 Å². The molecule has 0 heterocycles. The molecule has 2 aromatic carbocycles. The minimum absolute atomic E-state index is 0.0806. The van der Waals surface area contributed by atoms with Gasteiger partial charge in [-0.1, -0.05) is 56.5 Å². The molecule has 0 amide bonds. The molecule has 0 saturated carbocycles. The second-order valence-electron chi connectivity index (χ2n) is 4.90. The van der Waals surface area contributed by atoms with Crippen LogP contribution in [0, 0.1) is 5.82 Å². The topological polar surface area (TPSA) is 38.0 Å². The zero-order chi connectivity index (χ0) is 13.7. The second-order valence-corrected chi connectivity index (χ2v) is 4.90. The Kier molecular flexibility index (Phi) is 4.88. The van der Waals surface area contributed by atoms with Gasteiger partial charge < -0.3 is 0 Å². The number of unbranched alkanes of at least 4 members (excludes halogenated alkanes) is 2. The maximum Gasteiger partial charge on any atom is 0.131 e. The van der Waals surface area contributed by atoms with E-state index in [0.29, 0.717) is 5.39 Å². The molecule has 0 bridgehead atoms. The van der Waals surface area contributed by atoms with E-state index in [1.807, 2.05) is 30.3 Å². The maximum atomic E-state index is 13.8. The number of nitrogens with one attached hydrogen (secondary N) is 1. The van der Waals surface area contributed by atoms with Crippen molar-refractivity contribution in [2.45, 2.75) is 38.6 Å². The van der Waals surface area contributed by atoms with E-state index >= 15 is 0 Å². The number of hydrogen-bond donors (Lipinski definition) is 2. The van der Waals surface area contributed by atoms with Gasteiger partial charge in [-0.3, -0.25) is 11.3 Å². The van der Waals surface area contributed by atoms with Crippen LogP contribution in [-0.2, 0) is 0 Å². The Bertz CT molecular complexity index is 539. The average molecular weight is 260 g/mol. The summed E-state index contributed by atoms with van der Waals surface area (Å²) in [5.41, 5.74) is 3.95. The molecule has 2 rings (SSSR count). The van der Waals surface area contributed by atoms with Gasteiger partial charge >= 0.3 is 0 Å². The van der Waals surface area contributed by atoms with Gasteiger partial charge in [0.2, 0.25) is 0 Å². The molecule has 3 N–H and O–H groups in total. The number of fused-ring (bicyclic) bond motifs is 1. The van der Waals surface area contributed by atoms with Crippen LogP contribution in [0.3, 0.4) is 0 Å². The summed E-state index contributed by atoms with van der Waals surface area (Å²) in [6.45, 7) is 2.18. The average Bonchev–Trinajstić information content (AvgIpc) is 2.45. The van der Waals surface area contributed by atoms with Crippen molar-refractivity contribution >= 4 is 10.8 Å². The summed E-state index contributed by atoms with van der Waals surface area (Å²) < 4.78 is 13.8. The Morgan fingerprint density at radius 2 is 1.84 bits per heavy atom. The SMILES string of the molecule is CCCCCC(NN)c1ccc(F)c2ccccc12. The van der Waals surface area contributed by atoms with Crippen molar-refractivity contribution in [1.29, 1.82) is 0 Å². The van der Waals surface area contributed by atoms with E-state index in [2.05, 4.69) is 12.3 Å². The smallest absolute Gasteiger partial charge is 0.131 e. The van der Waals surface area contributed by atoms with E-state index in [4.69, 9.17) is 5.84 Å². The summed E-state index contributed by atoms with van der Waals surface area (Å²) in [5.74, 6) is 5.50. The van der Waals surface area contributed by atoms with E-state index in [0.717, 1.165) is 23.8 Å². The van der Waals surface area contributed by atoms with Crippen molar-refractivity contribution in [3.63, 3.8) is 0 Å². The van der Waals surface area contributed by atoms with E-state index in [1.54, 1.807) is 0 Å². The van der Waals surface area contributed by atoms with E-state index in [9.17, 15) is 4.39 Å². The Labute approximate surface area is 113 Å². The highest BCUT2D eigenvalue weighted by molar-refractivity contribution is 5.86. The lowest BCUT2D eigenvalue weighted by molar-refractivity contribution is 0.489. The summed E-state index contributed by atoms with van der Waals surface area (Å²) in [4.78, 5) is 0. The molecule has 0 aromatic heterocycles. The van der Waals surface area contributed by atoms with Crippen LogP contribution in [0.2, 0.25) is 0 Å². The summed E-state index contributed by atoms with van der Waals surface area (Å²) in [6.07, 6.45) is 4.47. The van der Waals surface area contributed by atoms with Crippen molar-refractivity contribution in [2.75, 3.05) is 0 Å². The third-order valence-electron chi connectivity index (χ3n) is 3.58. The zero-order valence-electron chi connectivity index (χ0n) is 11.3. The molecular weight excluding hydrogens is 239 g/mol. The van der Waals surface area contributed by atoms with Crippen LogP contribution in [0.5, 0.6) is 0 Å². The minimum Gasteiger partial charge on any atom is -0.271 e. The van der Waals surface area contributed by atoms with E-state index < -0.39 is 0 Å². The lowest BCUT2D eigenvalue weighted by atomic mass is 9.95. The van der Waals surface area contributed by atoms with E-state index in [-0.39, 0.29) is 11.9 Å². The summed E-state index contributed by atoms with van der Waals surface area (Å²) >= 11 is 0. The van der Waals surface area contributed by atoms with Gasteiger partial charge in [-0.15, -0.1) is 0 Å². The van der Waals surface area contributed by atoms with Crippen LogP contribution < -0.4 is 11.3 Å². The first-order valence-electron chi connectivity index (χ1n) is 6.91. The Hall–Kier alpha value is -1.45. The monoisotopic (exact) mass is 260 g/mol. The van der Waals surface area contributed by atoms with Crippen molar-refractivity contribution < 1.29 is 4.39 Å². The highest BCUT2D eigenvalue weighted by Gasteiger charge is 2.14. The van der Waals surface area contributed by atoms with Crippen LogP contribution in [-0.4, -0.2) is 0 Å². The maximum absolute atomic E-state index is 13.8. The molecule has 1 atom stereocenters. The molecule has 1 unspecified atom stereocenters. The first-order valence-corrected chi connectivity index (χ1v) is 6.91. The second kappa shape index (κ2) is 6.64. The standard InChI is InChI=1S/C16H21FN2/c1-2-3-4-9-16(19-18)14-10-11-15(17)13-8-6-5-7-12(13)14/h5-8,10-11,16,19H,2-4,9,18H2,1H3. The molecule has 2 aromatic rings. The molecule has 0 fully saturated rings. The molecule has 2 nitrogen and oxygen atoms in total. The molecule has 0 aliphatic heterocycles. The number of hydrogen-bond acceptors (Lipinski definition) is 2. The van der Waals surface area contributed by atoms with Crippen molar-refractivity contribution in [3.05, 3.63) is 47.8 Å². The van der Waals surface area contributed by atoms with Gasteiger partial charge in [-0.2, -0.15) is 0 Å². The van der Waals surface area contributed by atoms with Gasteiger partial charge in [0.25, 0.3) is 0 Å². The number of rotatable bonds is 6. The Balaban J connectivity index is 2.34.